The number of nitriles is 1. The van der Waals surface area contributed by atoms with E-state index in [0.29, 0.717) is 11.9 Å². The summed E-state index contributed by atoms with van der Waals surface area (Å²) < 4.78 is 1.60. The van der Waals surface area contributed by atoms with Crippen molar-refractivity contribution in [3.8, 4) is 6.07 Å². The SMILES string of the molecule is N#CCC1CCc2ccn3ncc(C(=O)O)c3c21. The molecule has 0 aromatic carbocycles. The monoisotopic (exact) mass is 241 g/mol. The van der Waals surface area contributed by atoms with Gasteiger partial charge in [-0.25, -0.2) is 9.31 Å². The number of pyridine rings is 1. The van der Waals surface area contributed by atoms with Gasteiger partial charge in [0.1, 0.15) is 5.56 Å². The average Bonchev–Trinajstić information content (AvgIpc) is 2.92. The summed E-state index contributed by atoms with van der Waals surface area (Å²) in [6.45, 7) is 0. The third-order valence-corrected chi connectivity index (χ3v) is 3.55. The minimum Gasteiger partial charge on any atom is -0.478 e. The number of rotatable bonds is 2. The van der Waals surface area contributed by atoms with Gasteiger partial charge in [0.25, 0.3) is 0 Å². The molecule has 1 atom stereocenters. The van der Waals surface area contributed by atoms with Crippen LogP contribution in [0.1, 0.15) is 40.2 Å². The summed E-state index contributed by atoms with van der Waals surface area (Å²) in [5.41, 5.74) is 3.01. The maximum atomic E-state index is 11.2. The van der Waals surface area contributed by atoms with E-state index in [1.807, 2.05) is 6.07 Å². The van der Waals surface area contributed by atoms with Crippen LogP contribution in [-0.4, -0.2) is 20.7 Å². The zero-order valence-electron chi connectivity index (χ0n) is 9.63. The molecule has 2 aromatic rings. The molecule has 1 aliphatic rings. The number of aromatic carboxylic acids is 1. The molecule has 0 fully saturated rings. The van der Waals surface area contributed by atoms with Crippen LogP contribution in [0.25, 0.3) is 5.52 Å². The van der Waals surface area contributed by atoms with Crippen LogP contribution in [0.15, 0.2) is 18.5 Å². The van der Waals surface area contributed by atoms with Crippen LogP contribution in [0, 0.1) is 11.3 Å². The molecule has 0 aliphatic heterocycles. The second kappa shape index (κ2) is 3.84. The van der Waals surface area contributed by atoms with Crippen molar-refractivity contribution >= 4 is 11.5 Å². The molecule has 0 saturated heterocycles. The minimum atomic E-state index is -0.971. The average molecular weight is 241 g/mol. The molecule has 0 spiro atoms. The first-order chi connectivity index (χ1) is 8.72. The van der Waals surface area contributed by atoms with Gasteiger partial charge in [0.15, 0.2) is 0 Å². The van der Waals surface area contributed by atoms with Crippen LogP contribution in [0.4, 0.5) is 0 Å². The van der Waals surface area contributed by atoms with Gasteiger partial charge >= 0.3 is 5.97 Å². The Balaban J connectivity index is 2.30. The van der Waals surface area contributed by atoms with Gasteiger partial charge in [-0.05, 0) is 36.0 Å². The van der Waals surface area contributed by atoms with Crippen molar-refractivity contribution < 1.29 is 9.90 Å². The van der Waals surface area contributed by atoms with E-state index in [1.165, 1.54) is 6.20 Å². The number of hydrogen-bond donors (Lipinski definition) is 1. The molecule has 2 aromatic heterocycles. The van der Waals surface area contributed by atoms with Gasteiger partial charge in [0, 0.05) is 12.6 Å². The molecule has 5 nitrogen and oxygen atoms in total. The number of fused-ring (bicyclic) bond motifs is 3. The highest BCUT2D eigenvalue weighted by molar-refractivity contribution is 5.96. The predicted molar refractivity (Wildman–Crippen MR) is 63.4 cm³/mol. The molecular formula is C13H11N3O2. The number of aromatic nitrogens is 2. The largest absolute Gasteiger partial charge is 0.478 e. The highest BCUT2D eigenvalue weighted by Gasteiger charge is 2.28. The third kappa shape index (κ3) is 1.39. The molecule has 0 bridgehead atoms. The van der Waals surface area contributed by atoms with Crippen LogP contribution in [0.3, 0.4) is 0 Å². The number of carbonyl (C=O) groups is 1. The van der Waals surface area contributed by atoms with Crippen LogP contribution < -0.4 is 0 Å². The zero-order valence-corrected chi connectivity index (χ0v) is 9.63. The van der Waals surface area contributed by atoms with Crippen molar-refractivity contribution in [2.75, 3.05) is 0 Å². The first kappa shape index (κ1) is 10.8. The summed E-state index contributed by atoms with van der Waals surface area (Å²) in [6, 6.07) is 4.15. The lowest BCUT2D eigenvalue weighted by Crippen LogP contribution is -2.02. The molecule has 90 valence electrons. The molecule has 5 heteroatoms. The molecule has 0 radical (unpaired) electrons. The molecule has 0 saturated carbocycles. The van der Waals surface area contributed by atoms with Gasteiger partial charge in [-0.1, -0.05) is 0 Å². The predicted octanol–water partition coefficient (Wildman–Crippen LogP) is 1.98. The number of carboxylic acids is 1. The molecule has 18 heavy (non-hydrogen) atoms. The Kier molecular flexibility index (Phi) is 2.30. The Morgan fingerprint density at radius 1 is 1.67 bits per heavy atom. The van der Waals surface area contributed by atoms with Crippen LogP contribution >= 0.6 is 0 Å². The number of aryl methyl sites for hydroxylation is 1. The summed E-state index contributed by atoms with van der Waals surface area (Å²) in [6.07, 6.45) is 5.40. The Morgan fingerprint density at radius 2 is 2.50 bits per heavy atom. The van der Waals surface area contributed by atoms with Gasteiger partial charge in [0.2, 0.25) is 0 Å². The van der Waals surface area contributed by atoms with Crippen LogP contribution in [0.5, 0.6) is 0 Å². The molecule has 2 heterocycles. The topological polar surface area (TPSA) is 78.4 Å². The minimum absolute atomic E-state index is 0.128. The summed E-state index contributed by atoms with van der Waals surface area (Å²) in [5.74, 6) is -0.843. The molecule has 0 amide bonds. The third-order valence-electron chi connectivity index (χ3n) is 3.55. The summed E-state index contributed by atoms with van der Waals surface area (Å²) in [4.78, 5) is 11.2. The highest BCUT2D eigenvalue weighted by atomic mass is 16.4. The van der Waals surface area contributed by atoms with E-state index in [4.69, 9.17) is 5.26 Å². The maximum Gasteiger partial charge on any atom is 0.339 e. The maximum absolute atomic E-state index is 11.2. The van der Waals surface area contributed by atoms with Crippen molar-refractivity contribution in [2.45, 2.75) is 25.2 Å². The van der Waals surface area contributed by atoms with E-state index in [9.17, 15) is 9.90 Å². The molecule has 1 unspecified atom stereocenters. The summed E-state index contributed by atoms with van der Waals surface area (Å²) in [7, 11) is 0. The van der Waals surface area contributed by atoms with Gasteiger partial charge in [-0.3, -0.25) is 0 Å². The Labute approximate surface area is 103 Å². The quantitative estimate of drug-likeness (QED) is 0.871. The highest BCUT2D eigenvalue weighted by Crippen LogP contribution is 2.38. The van der Waals surface area contributed by atoms with Crippen molar-refractivity contribution in [3.63, 3.8) is 0 Å². The van der Waals surface area contributed by atoms with E-state index < -0.39 is 5.97 Å². The van der Waals surface area contributed by atoms with Gasteiger partial charge in [-0.2, -0.15) is 10.4 Å². The first-order valence-corrected chi connectivity index (χ1v) is 5.81. The zero-order chi connectivity index (χ0) is 12.7. The standard InChI is InChI=1S/C13H11N3O2/c14-5-3-8-1-2-9-4-6-16-12(11(8)9)10(7-15-16)13(17)18/h4,6-8H,1-3H2,(H,17,18). The molecule has 1 aliphatic carbocycles. The van der Waals surface area contributed by atoms with Crippen molar-refractivity contribution in [1.82, 2.24) is 9.61 Å². The molecule has 1 N–H and O–H groups in total. The number of carboxylic acid groups (broad SMARTS) is 1. The Hall–Kier alpha value is -2.35. The van der Waals surface area contributed by atoms with Crippen LogP contribution in [0.2, 0.25) is 0 Å². The van der Waals surface area contributed by atoms with E-state index in [1.54, 1.807) is 10.7 Å². The van der Waals surface area contributed by atoms with Gasteiger partial charge in [-0.15, -0.1) is 0 Å². The number of hydrogen-bond acceptors (Lipinski definition) is 3. The Morgan fingerprint density at radius 3 is 3.22 bits per heavy atom. The smallest absolute Gasteiger partial charge is 0.339 e. The van der Waals surface area contributed by atoms with Gasteiger partial charge < -0.3 is 5.11 Å². The number of nitrogens with zero attached hydrogens (tertiary/aromatic N) is 3. The summed E-state index contributed by atoms with van der Waals surface area (Å²) in [5, 5.41) is 22.1. The fraction of sp³-hybridized carbons (Fsp3) is 0.308. The van der Waals surface area contributed by atoms with Crippen LogP contribution in [-0.2, 0) is 6.42 Å². The normalized spacial score (nSPS) is 17.6. The van der Waals surface area contributed by atoms with Crippen molar-refractivity contribution in [1.29, 1.82) is 5.26 Å². The second-order valence-corrected chi connectivity index (χ2v) is 4.51. The van der Waals surface area contributed by atoms with E-state index in [2.05, 4.69) is 11.2 Å². The second-order valence-electron chi connectivity index (χ2n) is 4.51. The first-order valence-electron chi connectivity index (χ1n) is 5.81. The Bertz CT molecular complexity index is 681. The van der Waals surface area contributed by atoms with Crippen molar-refractivity contribution in [2.24, 2.45) is 0 Å². The fourth-order valence-electron chi connectivity index (χ4n) is 2.76. The van der Waals surface area contributed by atoms with Gasteiger partial charge in [0.05, 0.1) is 17.8 Å². The fourth-order valence-corrected chi connectivity index (χ4v) is 2.76. The van der Waals surface area contributed by atoms with E-state index >= 15 is 0 Å². The van der Waals surface area contributed by atoms with E-state index in [-0.39, 0.29) is 11.5 Å². The molecule has 3 rings (SSSR count). The van der Waals surface area contributed by atoms with Crippen molar-refractivity contribution in [3.05, 3.63) is 35.2 Å². The lowest BCUT2D eigenvalue weighted by Gasteiger charge is -2.09. The van der Waals surface area contributed by atoms with E-state index in [0.717, 1.165) is 24.0 Å². The summed E-state index contributed by atoms with van der Waals surface area (Å²) >= 11 is 0. The lowest BCUT2D eigenvalue weighted by molar-refractivity contribution is 0.0699. The molecular weight excluding hydrogens is 230 g/mol. The lowest BCUT2D eigenvalue weighted by atomic mass is 9.97.